The highest BCUT2D eigenvalue weighted by molar-refractivity contribution is 6.70. The standard InChI is InChI=1S/C17H23NOSi/c1-17(2,3)15(13-18)12-16(19-20(4,5)6)14-10-8-7-9-11-14/h7-11H,1-6H3. The highest BCUT2D eigenvalue weighted by Crippen LogP contribution is 2.27. The second-order valence-electron chi connectivity index (χ2n) is 6.77. The van der Waals surface area contributed by atoms with Crippen molar-refractivity contribution in [2.45, 2.75) is 40.4 Å². The Kier molecular flexibility index (Phi) is 5.00. The first-order valence-electron chi connectivity index (χ1n) is 6.79. The van der Waals surface area contributed by atoms with Crippen molar-refractivity contribution in [2.75, 3.05) is 0 Å². The smallest absolute Gasteiger partial charge is 0.243 e. The van der Waals surface area contributed by atoms with Gasteiger partial charge in [-0.2, -0.15) is 5.26 Å². The van der Waals surface area contributed by atoms with Crippen LogP contribution in [0.5, 0.6) is 0 Å². The van der Waals surface area contributed by atoms with Crippen molar-refractivity contribution in [3.8, 4) is 6.07 Å². The van der Waals surface area contributed by atoms with Crippen LogP contribution in [0.2, 0.25) is 19.6 Å². The average molecular weight is 285 g/mol. The van der Waals surface area contributed by atoms with Gasteiger partial charge in [0.15, 0.2) is 5.76 Å². The molecule has 0 aliphatic carbocycles. The van der Waals surface area contributed by atoms with E-state index in [4.69, 9.17) is 4.43 Å². The van der Waals surface area contributed by atoms with Crippen LogP contribution in [0.3, 0.4) is 0 Å². The summed E-state index contributed by atoms with van der Waals surface area (Å²) in [5.41, 5.74) is 4.53. The van der Waals surface area contributed by atoms with E-state index in [0.717, 1.165) is 5.56 Å². The highest BCUT2D eigenvalue weighted by Gasteiger charge is 2.21. The van der Waals surface area contributed by atoms with Gasteiger partial charge in [-0.25, -0.2) is 0 Å². The zero-order valence-corrected chi connectivity index (χ0v) is 14.2. The van der Waals surface area contributed by atoms with Crippen molar-refractivity contribution in [2.24, 2.45) is 5.41 Å². The van der Waals surface area contributed by atoms with Gasteiger partial charge in [-0.1, -0.05) is 56.8 Å². The van der Waals surface area contributed by atoms with Crippen LogP contribution in [0.4, 0.5) is 0 Å². The van der Waals surface area contributed by atoms with Crippen LogP contribution in [-0.4, -0.2) is 8.32 Å². The number of benzene rings is 1. The number of nitriles is 1. The fraction of sp³-hybridized carbons (Fsp3) is 0.412. The van der Waals surface area contributed by atoms with E-state index in [1.165, 1.54) is 0 Å². The summed E-state index contributed by atoms with van der Waals surface area (Å²) in [5, 5.41) is 9.35. The van der Waals surface area contributed by atoms with Crippen molar-refractivity contribution in [1.82, 2.24) is 0 Å². The molecule has 1 aromatic carbocycles. The van der Waals surface area contributed by atoms with Crippen molar-refractivity contribution < 1.29 is 4.43 Å². The third kappa shape index (κ3) is 5.09. The van der Waals surface area contributed by atoms with Crippen LogP contribution in [-0.2, 0) is 4.43 Å². The van der Waals surface area contributed by atoms with Gasteiger partial charge in [0.05, 0.1) is 5.57 Å². The maximum absolute atomic E-state index is 9.35. The second-order valence-corrected chi connectivity index (χ2v) is 11.2. The molecule has 0 saturated carbocycles. The summed E-state index contributed by atoms with van der Waals surface area (Å²) in [6, 6.07) is 12.1. The van der Waals surface area contributed by atoms with E-state index in [0.29, 0.717) is 11.3 Å². The Morgan fingerprint density at radius 3 is 2.05 bits per heavy atom. The molecule has 0 aliphatic rings. The predicted octanol–water partition coefficient (Wildman–Crippen LogP) is 4.97. The van der Waals surface area contributed by atoms with Crippen LogP contribution in [0, 0.1) is 16.7 Å². The lowest BCUT2D eigenvalue weighted by Gasteiger charge is -2.21. The summed E-state index contributed by atoms with van der Waals surface area (Å²) in [6.07, 6.45) is 0. The van der Waals surface area contributed by atoms with Crippen molar-refractivity contribution in [3.63, 3.8) is 0 Å². The Hall–Kier alpha value is -1.75. The zero-order chi connectivity index (χ0) is 15.4. The molecule has 0 amide bonds. The van der Waals surface area contributed by atoms with Gasteiger partial charge in [-0.3, -0.25) is 0 Å². The molecule has 0 fully saturated rings. The van der Waals surface area contributed by atoms with E-state index in [1.54, 1.807) is 0 Å². The molecule has 0 spiro atoms. The lowest BCUT2D eigenvalue weighted by atomic mass is 9.87. The average Bonchev–Trinajstić information content (AvgIpc) is 2.32. The molecule has 1 rings (SSSR count). The number of nitrogens with zero attached hydrogens (tertiary/aromatic N) is 1. The normalized spacial score (nSPS) is 11.2. The lowest BCUT2D eigenvalue weighted by molar-refractivity contribution is 0.504. The van der Waals surface area contributed by atoms with E-state index in [1.807, 2.05) is 51.1 Å². The quantitative estimate of drug-likeness (QED) is 0.340. The largest absolute Gasteiger partial charge is 0.539 e. The van der Waals surface area contributed by atoms with Gasteiger partial charge < -0.3 is 4.43 Å². The number of rotatable bonds is 3. The lowest BCUT2D eigenvalue weighted by Crippen LogP contribution is -2.24. The number of allylic oxidation sites excluding steroid dienone is 1. The fourth-order valence-electron chi connectivity index (χ4n) is 1.55. The van der Waals surface area contributed by atoms with E-state index in [-0.39, 0.29) is 5.41 Å². The molecule has 2 nitrogen and oxygen atoms in total. The molecule has 0 aliphatic heterocycles. The summed E-state index contributed by atoms with van der Waals surface area (Å²) in [7, 11) is -1.76. The second kappa shape index (κ2) is 6.13. The third-order valence-electron chi connectivity index (χ3n) is 2.54. The Morgan fingerprint density at radius 2 is 1.65 bits per heavy atom. The monoisotopic (exact) mass is 285 g/mol. The molecule has 0 unspecified atom stereocenters. The van der Waals surface area contributed by atoms with Crippen molar-refractivity contribution in [3.05, 3.63) is 47.2 Å². The minimum absolute atomic E-state index is 0.239. The van der Waals surface area contributed by atoms with Gasteiger partial charge >= 0.3 is 0 Å². The van der Waals surface area contributed by atoms with Crippen LogP contribution in [0.25, 0.3) is 5.76 Å². The first-order valence-corrected chi connectivity index (χ1v) is 10.2. The van der Waals surface area contributed by atoms with Gasteiger partial charge in [0.2, 0.25) is 8.32 Å². The van der Waals surface area contributed by atoms with Crippen LogP contribution in [0.1, 0.15) is 26.3 Å². The first kappa shape index (κ1) is 16.3. The van der Waals surface area contributed by atoms with Gasteiger partial charge in [-0.15, -0.1) is 0 Å². The molecule has 1 aromatic rings. The third-order valence-corrected chi connectivity index (χ3v) is 3.36. The Labute approximate surface area is 123 Å². The van der Waals surface area contributed by atoms with E-state index >= 15 is 0 Å². The predicted molar refractivity (Wildman–Crippen MR) is 86.4 cm³/mol. The molecule has 0 bridgehead atoms. The number of hydrogen-bond acceptors (Lipinski definition) is 2. The summed E-state index contributed by atoms with van der Waals surface area (Å²) < 4.78 is 6.12. The van der Waals surface area contributed by atoms with E-state index in [9.17, 15) is 5.26 Å². The van der Waals surface area contributed by atoms with Crippen LogP contribution >= 0.6 is 0 Å². The zero-order valence-electron chi connectivity index (χ0n) is 13.2. The van der Waals surface area contributed by atoms with Crippen molar-refractivity contribution in [1.29, 1.82) is 5.26 Å². The Morgan fingerprint density at radius 1 is 1.10 bits per heavy atom. The van der Waals surface area contributed by atoms with Crippen LogP contribution < -0.4 is 0 Å². The van der Waals surface area contributed by atoms with Gasteiger partial charge in [-0.05, 0) is 19.6 Å². The molecule has 0 radical (unpaired) electrons. The molecule has 106 valence electrons. The summed E-state index contributed by atoms with van der Waals surface area (Å²) in [6.45, 7) is 12.4. The molecule has 0 saturated heterocycles. The minimum Gasteiger partial charge on any atom is -0.539 e. The minimum atomic E-state index is -1.76. The summed E-state index contributed by atoms with van der Waals surface area (Å²) >= 11 is 0. The van der Waals surface area contributed by atoms with Gasteiger partial charge in [0, 0.05) is 11.0 Å². The maximum atomic E-state index is 9.35. The molecule has 0 atom stereocenters. The number of hydrogen-bond donors (Lipinski definition) is 0. The molecule has 3 heteroatoms. The van der Waals surface area contributed by atoms with Gasteiger partial charge in [0.25, 0.3) is 0 Å². The first-order chi connectivity index (χ1) is 9.13. The highest BCUT2D eigenvalue weighted by atomic mass is 28.4. The maximum Gasteiger partial charge on any atom is 0.243 e. The van der Waals surface area contributed by atoms with Crippen molar-refractivity contribution >= 4 is 14.1 Å². The van der Waals surface area contributed by atoms with Crippen LogP contribution in [0.15, 0.2) is 41.6 Å². The SMILES string of the molecule is CC(C)(C)C(=C=C(O[Si](C)(C)C)c1ccccc1)C#N. The van der Waals surface area contributed by atoms with E-state index < -0.39 is 8.32 Å². The topological polar surface area (TPSA) is 33.0 Å². The summed E-state index contributed by atoms with van der Waals surface area (Å²) in [4.78, 5) is 0. The fourth-order valence-corrected chi connectivity index (χ4v) is 2.33. The molecular weight excluding hydrogens is 262 g/mol. The molecule has 0 N–H and O–H groups in total. The Balaban J connectivity index is 3.47. The van der Waals surface area contributed by atoms with Gasteiger partial charge in [0.1, 0.15) is 6.07 Å². The molecule has 0 aromatic heterocycles. The molecule has 0 heterocycles. The molecular formula is C17H23NOSi. The summed E-state index contributed by atoms with van der Waals surface area (Å²) in [5.74, 6) is 0.677. The van der Waals surface area contributed by atoms with E-state index in [2.05, 4.69) is 31.4 Å². The Bertz CT molecular complexity index is 562. The molecule has 20 heavy (non-hydrogen) atoms.